The lowest BCUT2D eigenvalue weighted by atomic mass is 10.2. The summed E-state index contributed by atoms with van der Waals surface area (Å²) in [6, 6.07) is 8.96. The molecule has 0 fully saturated rings. The number of aromatic nitrogens is 2. The standard InChI is InChI=1S/C17H19N3O3S/c1-13-16(14(2)20(3)18-13)9-10-17(21)19-24(22,23)12-11-15-7-5-4-6-8-15/h4-12H,1-3H3,(H,19,21)/b10-9+,12-11+. The molecule has 0 spiro atoms. The Bertz CT molecular complexity index is 895. The summed E-state index contributed by atoms with van der Waals surface area (Å²) < 4.78 is 27.5. The number of aryl methyl sites for hydroxylation is 2. The number of rotatable bonds is 5. The second-order valence-electron chi connectivity index (χ2n) is 5.27. The summed E-state index contributed by atoms with van der Waals surface area (Å²) in [5.74, 6) is -0.713. The van der Waals surface area contributed by atoms with Crippen LogP contribution in [0.1, 0.15) is 22.5 Å². The van der Waals surface area contributed by atoms with Crippen LogP contribution in [-0.2, 0) is 21.9 Å². The normalized spacial score (nSPS) is 12.1. The van der Waals surface area contributed by atoms with E-state index < -0.39 is 15.9 Å². The van der Waals surface area contributed by atoms with E-state index in [9.17, 15) is 13.2 Å². The Labute approximate surface area is 141 Å². The van der Waals surface area contributed by atoms with Crippen LogP contribution in [-0.4, -0.2) is 24.1 Å². The fraction of sp³-hybridized carbons (Fsp3) is 0.176. The molecular weight excluding hydrogens is 326 g/mol. The molecule has 6 nitrogen and oxygen atoms in total. The Hall–Kier alpha value is -2.67. The molecule has 0 unspecified atom stereocenters. The number of nitrogens with one attached hydrogen (secondary N) is 1. The molecule has 1 aromatic carbocycles. The van der Waals surface area contributed by atoms with Crippen molar-refractivity contribution >= 4 is 28.1 Å². The van der Waals surface area contributed by atoms with E-state index in [4.69, 9.17) is 0 Å². The maximum absolute atomic E-state index is 11.9. The molecule has 0 atom stereocenters. The predicted octanol–water partition coefficient (Wildman–Crippen LogP) is 2.17. The zero-order valence-electron chi connectivity index (χ0n) is 13.7. The number of hydrogen-bond donors (Lipinski definition) is 1. The molecule has 126 valence electrons. The topological polar surface area (TPSA) is 81.1 Å². The Morgan fingerprint density at radius 3 is 2.42 bits per heavy atom. The predicted molar refractivity (Wildman–Crippen MR) is 94.3 cm³/mol. The fourth-order valence-corrected chi connectivity index (χ4v) is 2.88. The number of carbonyl (C=O) groups excluding carboxylic acids is 1. The summed E-state index contributed by atoms with van der Waals surface area (Å²) in [6.07, 6.45) is 4.17. The van der Waals surface area contributed by atoms with E-state index in [0.717, 1.165) is 27.9 Å². The van der Waals surface area contributed by atoms with Crippen LogP contribution in [0.15, 0.2) is 41.8 Å². The van der Waals surface area contributed by atoms with Crippen LogP contribution in [0, 0.1) is 13.8 Å². The third-order valence-electron chi connectivity index (χ3n) is 3.45. The minimum Gasteiger partial charge on any atom is -0.272 e. The molecule has 1 aromatic heterocycles. The van der Waals surface area contributed by atoms with Crippen molar-refractivity contribution in [2.45, 2.75) is 13.8 Å². The molecule has 0 radical (unpaired) electrons. The SMILES string of the molecule is Cc1nn(C)c(C)c1/C=C/C(=O)NS(=O)(=O)/C=C/c1ccccc1. The first-order valence-electron chi connectivity index (χ1n) is 7.27. The number of hydrogen-bond acceptors (Lipinski definition) is 4. The summed E-state index contributed by atoms with van der Waals surface area (Å²) in [4.78, 5) is 11.8. The van der Waals surface area contributed by atoms with Crippen molar-refractivity contribution in [2.24, 2.45) is 7.05 Å². The van der Waals surface area contributed by atoms with Gasteiger partial charge >= 0.3 is 0 Å². The van der Waals surface area contributed by atoms with Gasteiger partial charge in [-0.05, 0) is 31.6 Å². The van der Waals surface area contributed by atoms with E-state index in [0.29, 0.717) is 0 Å². The second-order valence-corrected chi connectivity index (χ2v) is 6.83. The quantitative estimate of drug-likeness (QED) is 0.842. The lowest BCUT2D eigenvalue weighted by molar-refractivity contribution is -0.114. The number of nitrogens with zero attached hydrogens (tertiary/aromatic N) is 2. The van der Waals surface area contributed by atoms with E-state index in [2.05, 4.69) is 5.10 Å². The van der Waals surface area contributed by atoms with Gasteiger partial charge in [0.1, 0.15) is 0 Å². The van der Waals surface area contributed by atoms with Crippen molar-refractivity contribution in [2.75, 3.05) is 0 Å². The number of benzene rings is 1. The molecule has 0 bridgehead atoms. The molecule has 2 aromatic rings. The lowest BCUT2D eigenvalue weighted by Gasteiger charge is -2.00. The van der Waals surface area contributed by atoms with E-state index in [-0.39, 0.29) is 0 Å². The van der Waals surface area contributed by atoms with Crippen LogP contribution in [0.5, 0.6) is 0 Å². The van der Waals surface area contributed by atoms with Crippen molar-refractivity contribution in [3.63, 3.8) is 0 Å². The van der Waals surface area contributed by atoms with Crippen molar-refractivity contribution in [3.05, 3.63) is 64.3 Å². The highest BCUT2D eigenvalue weighted by Crippen LogP contribution is 2.13. The van der Waals surface area contributed by atoms with Crippen LogP contribution in [0.25, 0.3) is 12.2 Å². The zero-order chi connectivity index (χ0) is 17.7. The molecule has 1 heterocycles. The Kier molecular flexibility index (Phi) is 5.35. The minimum atomic E-state index is -3.85. The van der Waals surface area contributed by atoms with E-state index in [1.54, 1.807) is 42.1 Å². The molecule has 0 aliphatic rings. The van der Waals surface area contributed by atoms with Gasteiger partial charge in [-0.2, -0.15) is 5.10 Å². The monoisotopic (exact) mass is 345 g/mol. The third kappa shape index (κ3) is 4.66. The summed E-state index contributed by atoms with van der Waals surface area (Å²) in [7, 11) is -2.05. The van der Waals surface area contributed by atoms with Gasteiger partial charge in [-0.3, -0.25) is 9.48 Å². The summed E-state index contributed by atoms with van der Waals surface area (Å²) in [6.45, 7) is 3.70. The summed E-state index contributed by atoms with van der Waals surface area (Å²) in [5.41, 5.74) is 3.19. The van der Waals surface area contributed by atoms with Gasteiger partial charge in [0.15, 0.2) is 0 Å². The third-order valence-corrected chi connectivity index (χ3v) is 4.43. The molecule has 1 amide bonds. The van der Waals surface area contributed by atoms with Crippen LogP contribution in [0.3, 0.4) is 0 Å². The first-order valence-corrected chi connectivity index (χ1v) is 8.81. The molecule has 0 saturated heterocycles. The van der Waals surface area contributed by atoms with Crippen molar-refractivity contribution < 1.29 is 13.2 Å². The van der Waals surface area contributed by atoms with E-state index in [1.165, 1.54) is 12.2 Å². The Balaban J connectivity index is 2.05. The van der Waals surface area contributed by atoms with Crippen LogP contribution in [0.4, 0.5) is 0 Å². The number of amides is 1. The molecule has 1 N–H and O–H groups in total. The van der Waals surface area contributed by atoms with Gasteiger partial charge < -0.3 is 0 Å². The summed E-state index contributed by atoms with van der Waals surface area (Å²) >= 11 is 0. The zero-order valence-corrected chi connectivity index (χ0v) is 14.5. The van der Waals surface area contributed by atoms with E-state index in [1.807, 2.05) is 24.6 Å². The first-order chi connectivity index (χ1) is 11.3. The highest BCUT2D eigenvalue weighted by atomic mass is 32.2. The number of carbonyl (C=O) groups is 1. The maximum atomic E-state index is 11.9. The molecule has 7 heteroatoms. The van der Waals surface area contributed by atoms with Gasteiger partial charge in [0.25, 0.3) is 15.9 Å². The van der Waals surface area contributed by atoms with Gasteiger partial charge in [0.05, 0.1) is 11.1 Å². The van der Waals surface area contributed by atoms with Gasteiger partial charge in [-0.25, -0.2) is 13.1 Å². The molecular formula is C17H19N3O3S. The van der Waals surface area contributed by atoms with Gasteiger partial charge in [0.2, 0.25) is 0 Å². The molecule has 2 rings (SSSR count). The van der Waals surface area contributed by atoms with Crippen molar-refractivity contribution in [1.82, 2.24) is 14.5 Å². The lowest BCUT2D eigenvalue weighted by Crippen LogP contribution is -2.26. The Morgan fingerprint density at radius 2 is 1.83 bits per heavy atom. The first kappa shape index (κ1) is 17.7. The van der Waals surface area contributed by atoms with Crippen LogP contribution < -0.4 is 4.72 Å². The van der Waals surface area contributed by atoms with Crippen molar-refractivity contribution in [1.29, 1.82) is 0 Å². The van der Waals surface area contributed by atoms with Crippen molar-refractivity contribution in [3.8, 4) is 0 Å². The smallest absolute Gasteiger partial charge is 0.257 e. The maximum Gasteiger partial charge on any atom is 0.257 e. The Morgan fingerprint density at radius 1 is 1.17 bits per heavy atom. The summed E-state index contributed by atoms with van der Waals surface area (Å²) in [5, 5.41) is 5.20. The highest BCUT2D eigenvalue weighted by Gasteiger charge is 2.10. The molecule has 0 aliphatic heterocycles. The number of sulfonamides is 1. The van der Waals surface area contributed by atoms with E-state index >= 15 is 0 Å². The molecule has 0 saturated carbocycles. The fourth-order valence-electron chi connectivity index (χ4n) is 2.13. The largest absolute Gasteiger partial charge is 0.272 e. The van der Waals surface area contributed by atoms with Gasteiger partial charge in [0, 0.05) is 24.4 Å². The second kappa shape index (κ2) is 7.27. The molecule has 24 heavy (non-hydrogen) atoms. The van der Waals surface area contributed by atoms with Crippen LogP contribution in [0.2, 0.25) is 0 Å². The van der Waals surface area contributed by atoms with Crippen LogP contribution >= 0.6 is 0 Å². The minimum absolute atomic E-state index is 0.713. The highest BCUT2D eigenvalue weighted by molar-refractivity contribution is 7.93. The van der Waals surface area contributed by atoms with Gasteiger partial charge in [-0.15, -0.1) is 0 Å². The van der Waals surface area contributed by atoms with Gasteiger partial charge in [-0.1, -0.05) is 30.3 Å². The average Bonchev–Trinajstić information content (AvgIpc) is 2.77. The average molecular weight is 345 g/mol. The molecule has 0 aliphatic carbocycles.